The van der Waals surface area contributed by atoms with Crippen molar-refractivity contribution in [1.82, 2.24) is 9.97 Å². The topological polar surface area (TPSA) is 121 Å². The van der Waals surface area contributed by atoms with Gasteiger partial charge in [-0.3, -0.25) is 4.98 Å². The number of ether oxygens (including phenoxy) is 1. The van der Waals surface area contributed by atoms with Crippen LogP contribution >= 0.6 is 0 Å². The number of H-pyrrole nitrogens is 1. The van der Waals surface area contributed by atoms with E-state index in [0.29, 0.717) is 0 Å². The number of hydrogen-bond donors (Lipinski definition) is 4. The van der Waals surface area contributed by atoms with Crippen molar-refractivity contribution in [3.8, 4) is 0 Å². The molecule has 1 aromatic rings. The summed E-state index contributed by atoms with van der Waals surface area (Å²) in [5.41, 5.74) is 2.91. The predicted octanol–water partition coefficient (Wildman–Crippen LogP) is -1.13. The number of aromatic nitrogens is 2. The van der Waals surface area contributed by atoms with Crippen molar-refractivity contribution in [2.75, 3.05) is 12.3 Å². The lowest BCUT2D eigenvalue weighted by Gasteiger charge is -2.24. The molecular weight excluding hydrogens is 245 g/mol. The number of rotatable bonds is 2. The van der Waals surface area contributed by atoms with Crippen LogP contribution in [0, 0.1) is 0 Å². The van der Waals surface area contributed by atoms with Gasteiger partial charge < -0.3 is 20.7 Å². The molecule has 0 saturated carbocycles. The standard InChI is InChI=1S/C10H14FN3O4/c1-10(11)6(16)5(3-15)18-7(10)4-2-13-9(17)14-8(4)12/h2,5-7,15-16H,3H2,1H3,(H3,12,13,14,17)/t5-,6-,7-,10-/m1/s1. The summed E-state index contributed by atoms with van der Waals surface area (Å²) in [7, 11) is 0. The van der Waals surface area contributed by atoms with Gasteiger partial charge in [0.15, 0.2) is 5.67 Å². The van der Waals surface area contributed by atoms with Crippen molar-refractivity contribution in [3.63, 3.8) is 0 Å². The Morgan fingerprint density at radius 2 is 2.39 bits per heavy atom. The Bertz CT molecular complexity index is 504. The molecule has 1 saturated heterocycles. The Balaban J connectivity index is 2.42. The van der Waals surface area contributed by atoms with E-state index in [9.17, 15) is 14.3 Å². The quantitative estimate of drug-likeness (QED) is 0.533. The van der Waals surface area contributed by atoms with Crippen molar-refractivity contribution in [2.24, 2.45) is 0 Å². The third kappa shape index (κ3) is 1.88. The van der Waals surface area contributed by atoms with E-state index in [1.165, 1.54) is 0 Å². The number of nitrogens with zero attached hydrogens (tertiary/aromatic N) is 1. The van der Waals surface area contributed by atoms with Crippen LogP contribution in [0.5, 0.6) is 0 Å². The van der Waals surface area contributed by atoms with E-state index in [1.54, 1.807) is 0 Å². The van der Waals surface area contributed by atoms with Gasteiger partial charge in [0.1, 0.15) is 24.1 Å². The van der Waals surface area contributed by atoms with Crippen molar-refractivity contribution < 1.29 is 19.3 Å². The molecule has 4 atom stereocenters. The summed E-state index contributed by atoms with van der Waals surface area (Å²) in [4.78, 5) is 16.6. The normalized spacial score (nSPS) is 35.9. The summed E-state index contributed by atoms with van der Waals surface area (Å²) in [6.45, 7) is 0.621. The molecule has 0 amide bonds. The second-order valence-corrected chi connectivity index (χ2v) is 4.39. The highest BCUT2D eigenvalue weighted by Gasteiger charge is 2.54. The molecule has 100 valence electrons. The number of hydrogen-bond acceptors (Lipinski definition) is 6. The summed E-state index contributed by atoms with van der Waals surface area (Å²) in [5, 5.41) is 18.7. The fraction of sp³-hybridized carbons (Fsp3) is 0.600. The second kappa shape index (κ2) is 4.30. The van der Waals surface area contributed by atoms with Crippen LogP contribution in [-0.2, 0) is 4.74 Å². The van der Waals surface area contributed by atoms with Crippen LogP contribution in [0.3, 0.4) is 0 Å². The second-order valence-electron chi connectivity index (χ2n) is 4.39. The third-order valence-electron chi connectivity index (χ3n) is 3.09. The maximum absolute atomic E-state index is 14.4. The maximum Gasteiger partial charge on any atom is 0.346 e. The van der Waals surface area contributed by atoms with E-state index in [2.05, 4.69) is 9.97 Å². The number of nitrogens with one attached hydrogen (secondary N) is 1. The minimum atomic E-state index is -2.14. The maximum atomic E-state index is 14.4. The van der Waals surface area contributed by atoms with Gasteiger partial charge in [0, 0.05) is 11.8 Å². The zero-order valence-electron chi connectivity index (χ0n) is 9.63. The van der Waals surface area contributed by atoms with Crippen molar-refractivity contribution in [2.45, 2.75) is 30.9 Å². The first-order chi connectivity index (χ1) is 8.37. The largest absolute Gasteiger partial charge is 0.394 e. The highest BCUT2D eigenvalue weighted by molar-refractivity contribution is 5.40. The first-order valence-electron chi connectivity index (χ1n) is 5.36. The minimum Gasteiger partial charge on any atom is -0.394 e. The first kappa shape index (κ1) is 12.9. The molecule has 0 aliphatic carbocycles. The molecule has 1 aliphatic rings. The molecule has 1 aromatic heterocycles. The lowest BCUT2D eigenvalue weighted by molar-refractivity contribution is -0.0229. The zero-order valence-corrected chi connectivity index (χ0v) is 9.63. The summed E-state index contributed by atoms with van der Waals surface area (Å²) >= 11 is 0. The number of aromatic amines is 1. The summed E-state index contributed by atoms with van der Waals surface area (Å²) in [6, 6.07) is 0. The minimum absolute atomic E-state index is 0.0744. The molecule has 0 bridgehead atoms. The van der Waals surface area contributed by atoms with Gasteiger partial charge >= 0.3 is 5.69 Å². The van der Waals surface area contributed by atoms with Crippen LogP contribution in [0.1, 0.15) is 18.6 Å². The van der Waals surface area contributed by atoms with Gasteiger partial charge in [0.2, 0.25) is 0 Å². The summed E-state index contributed by atoms with van der Waals surface area (Å²) in [6.07, 6.45) is -2.63. The van der Waals surface area contributed by atoms with E-state index in [1.807, 2.05) is 0 Å². The van der Waals surface area contributed by atoms with Gasteiger partial charge in [0.25, 0.3) is 0 Å². The fourth-order valence-corrected chi connectivity index (χ4v) is 2.05. The molecule has 0 aromatic carbocycles. The van der Waals surface area contributed by atoms with E-state index in [-0.39, 0.29) is 11.4 Å². The number of alkyl halides is 1. The number of aliphatic hydroxyl groups is 2. The number of nitrogens with two attached hydrogens (primary N) is 1. The molecule has 8 heteroatoms. The van der Waals surface area contributed by atoms with Crippen molar-refractivity contribution in [3.05, 3.63) is 22.2 Å². The molecule has 0 spiro atoms. The summed E-state index contributed by atoms with van der Waals surface area (Å²) < 4.78 is 19.6. The monoisotopic (exact) mass is 259 g/mol. The van der Waals surface area contributed by atoms with Gasteiger partial charge in [-0.2, -0.15) is 0 Å². The average Bonchev–Trinajstić information content (AvgIpc) is 2.52. The predicted molar refractivity (Wildman–Crippen MR) is 59.5 cm³/mol. The molecule has 0 unspecified atom stereocenters. The fourth-order valence-electron chi connectivity index (χ4n) is 2.05. The van der Waals surface area contributed by atoms with Crippen molar-refractivity contribution >= 4 is 5.82 Å². The van der Waals surface area contributed by atoms with Crippen LogP contribution in [0.15, 0.2) is 11.0 Å². The van der Waals surface area contributed by atoms with Crippen LogP contribution < -0.4 is 11.4 Å². The summed E-state index contributed by atoms with van der Waals surface area (Å²) in [5.74, 6) is -0.0744. The average molecular weight is 259 g/mol. The number of nitrogen functional groups attached to an aromatic ring is 1. The van der Waals surface area contributed by atoms with E-state index in [0.717, 1.165) is 13.1 Å². The highest BCUT2D eigenvalue weighted by Crippen LogP contribution is 2.44. The SMILES string of the molecule is C[C@]1(F)[C@@H](c2cnc(=O)[nH]c2N)O[C@H](CO)[C@H]1O. The molecule has 1 fully saturated rings. The van der Waals surface area contributed by atoms with Gasteiger partial charge in [0.05, 0.1) is 6.61 Å². The van der Waals surface area contributed by atoms with E-state index < -0.39 is 36.3 Å². The van der Waals surface area contributed by atoms with Crippen LogP contribution in [0.2, 0.25) is 0 Å². The Morgan fingerprint density at radius 3 is 2.89 bits per heavy atom. The molecule has 2 rings (SSSR count). The van der Waals surface area contributed by atoms with Gasteiger partial charge in [-0.1, -0.05) is 0 Å². The van der Waals surface area contributed by atoms with E-state index in [4.69, 9.17) is 15.6 Å². The van der Waals surface area contributed by atoms with Gasteiger partial charge in [-0.05, 0) is 6.92 Å². The first-order valence-corrected chi connectivity index (χ1v) is 5.36. The zero-order chi connectivity index (χ0) is 13.5. The Kier molecular flexibility index (Phi) is 3.09. The van der Waals surface area contributed by atoms with Crippen molar-refractivity contribution in [1.29, 1.82) is 0 Å². The third-order valence-corrected chi connectivity index (χ3v) is 3.09. The van der Waals surface area contributed by atoms with Gasteiger partial charge in [-0.25, -0.2) is 14.2 Å². The molecule has 0 radical (unpaired) electrons. The van der Waals surface area contributed by atoms with Crippen LogP contribution in [-0.4, -0.2) is 44.7 Å². The molecular formula is C10H14FN3O4. The molecule has 2 heterocycles. The smallest absolute Gasteiger partial charge is 0.346 e. The van der Waals surface area contributed by atoms with Crippen LogP contribution in [0.4, 0.5) is 10.2 Å². The Morgan fingerprint density at radius 1 is 1.72 bits per heavy atom. The lowest BCUT2D eigenvalue weighted by Crippen LogP contribution is -2.39. The number of halogens is 1. The number of aliphatic hydroxyl groups excluding tert-OH is 2. The lowest BCUT2D eigenvalue weighted by atomic mass is 9.91. The molecule has 5 N–H and O–H groups in total. The van der Waals surface area contributed by atoms with E-state index >= 15 is 0 Å². The van der Waals surface area contributed by atoms with Crippen LogP contribution in [0.25, 0.3) is 0 Å². The molecule has 1 aliphatic heterocycles. The molecule has 7 nitrogen and oxygen atoms in total. The Hall–Kier alpha value is -1.51. The number of anilines is 1. The molecule has 18 heavy (non-hydrogen) atoms. The van der Waals surface area contributed by atoms with Gasteiger partial charge in [-0.15, -0.1) is 0 Å². The Labute approximate surface area is 101 Å². The highest BCUT2D eigenvalue weighted by atomic mass is 19.1.